The second kappa shape index (κ2) is 4.94. The second-order valence-corrected chi connectivity index (χ2v) is 5.36. The normalized spacial score (nSPS) is 25.4. The van der Waals surface area contributed by atoms with Crippen LogP contribution >= 0.6 is 22.9 Å². The Kier molecular flexibility index (Phi) is 3.59. The standard InChI is InChI=1S/C10H13ClN2OS/c11-8-2-1-7(3-8)4-13-10(14)9-5-12-6-15-9/h5-8H,1-4H2,(H,13,14). The van der Waals surface area contributed by atoms with Crippen LogP contribution in [0.15, 0.2) is 11.7 Å². The van der Waals surface area contributed by atoms with Crippen LogP contribution in [-0.4, -0.2) is 22.8 Å². The van der Waals surface area contributed by atoms with Gasteiger partial charge in [0.05, 0.1) is 11.7 Å². The minimum atomic E-state index is -0.0180. The number of carbonyl (C=O) groups excluding carboxylic acids is 1. The zero-order valence-electron chi connectivity index (χ0n) is 8.28. The molecule has 0 aliphatic heterocycles. The van der Waals surface area contributed by atoms with Crippen molar-refractivity contribution >= 4 is 28.8 Å². The first kappa shape index (κ1) is 10.9. The molecule has 2 unspecified atom stereocenters. The van der Waals surface area contributed by atoms with Crippen molar-refractivity contribution in [3.63, 3.8) is 0 Å². The fourth-order valence-electron chi connectivity index (χ4n) is 1.85. The molecule has 3 nitrogen and oxygen atoms in total. The number of halogens is 1. The first-order valence-corrected chi connectivity index (χ1v) is 6.38. The van der Waals surface area contributed by atoms with Crippen LogP contribution in [0.3, 0.4) is 0 Å². The predicted octanol–water partition coefficient (Wildman–Crippen LogP) is 2.28. The lowest BCUT2D eigenvalue weighted by Gasteiger charge is -2.09. The number of carbonyl (C=O) groups is 1. The molecule has 1 aliphatic carbocycles. The summed E-state index contributed by atoms with van der Waals surface area (Å²) in [4.78, 5) is 16.1. The highest BCUT2D eigenvalue weighted by Crippen LogP contribution is 2.28. The summed E-state index contributed by atoms with van der Waals surface area (Å²) in [5.74, 6) is 0.528. The molecule has 0 saturated heterocycles. The van der Waals surface area contributed by atoms with E-state index in [2.05, 4.69) is 10.3 Å². The number of nitrogens with one attached hydrogen (secondary N) is 1. The van der Waals surface area contributed by atoms with Crippen LogP contribution < -0.4 is 5.32 Å². The fraction of sp³-hybridized carbons (Fsp3) is 0.600. The van der Waals surface area contributed by atoms with Gasteiger partial charge >= 0.3 is 0 Å². The molecule has 1 aromatic rings. The molecule has 2 atom stereocenters. The van der Waals surface area contributed by atoms with Gasteiger partial charge in [0.2, 0.25) is 0 Å². The summed E-state index contributed by atoms with van der Waals surface area (Å²) in [5, 5.41) is 3.22. The molecule has 2 rings (SSSR count). The Morgan fingerprint density at radius 3 is 3.13 bits per heavy atom. The summed E-state index contributed by atoms with van der Waals surface area (Å²) in [5.41, 5.74) is 1.67. The quantitative estimate of drug-likeness (QED) is 0.829. The third-order valence-electron chi connectivity index (χ3n) is 2.68. The molecule has 1 aromatic heterocycles. The maximum absolute atomic E-state index is 11.6. The number of amides is 1. The van der Waals surface area contributed by atoms with Gasteiger partial charge in [-0.2, -0.15) is 0 Å². The van der Waals surface area contributed by atoms with Gasteiger partial charge in [-0.25, -0.2) is 0 Å². The van der Waals surface area contributed by atoms with Crippen molar-refractivity contribution in [1.82, 2.24) is 10.3 Å². The summed E-state index contributed by atoms with van der Waals surface area (Å²) in [6, 6.07) is 0. The van der Waals surface area contributed by atoms with Crippen molar-refractivity contribution in [2.24, 2.45) is 5.92 Å². The molecule has 0 radical (unpaired) electrons. The Morgan fingerprint density at radius 2 is 2.53 bits per heavy atom. The number of rotatable bonds is 3. The Balaban J connectivity index is 1.76. The maximum atomic E-state index is 11.6. The lowest BCUT2D eigenvalue weighted by molar-refractivity contribution is 0.0951. The number of nitrogens with zero attached hydrogens (tertiary/aromatic N) is 1. The molecular formula is C10H13ClN2OS. The van der Waals surface area contributed by atoms with E-state index in [0.717, 1.165) is 25.8 Å². The van der Waals surface area contributed by atoms with E-state index in [0.29, 0.717) is 16.2 Å². The van der Waals surface area contributed by atoms with Crippen LogP contribution in [0.5, 0.6) is 0 Å². The molecule has 82 valence electrons. The van der Waals surface area contributed by atoms with E-state index in [9.17, 15) is 4.79 Å². The molecule has 1 heterocycles. The Morgan fingerprint density at radius 1 is 1.67 bits per heavy atom. The van der Waals surface area contributed by atoms with Crippen molar-refractivity contribution in [3.8, 4) is 0 Å². The number of alkyl halides is 1. The number of aromatic nitrogens is 1. The molecule has 1 N–H and O–H groups in total. The van der Waals surface area contributed by atoms with Crippen LogP contribution in [0.4, 0.5) is 0 Å². The minimum Gasteiger partial charge on any atom is -0.351 e. The van der Waals surface area contributed by atoms with Crippen LogP contribution in [0.25, 0.3) is 0 Å². The third-order valence-corrected chi connectivity index (χ3v) is 3.85. The number of hydrogen-bond donors (Lipinski definition) is 1. The molecule has 1 amide bonds. The van der Waals surface area contributed by atoms with Gasteiger partial charge in [-0.05, 0) is 25.2 Å². The van der Waals surface area contributed by atoms with Crippen LogP contribution in [0.1, 0.15) is 28.9 Å². The molecule has 5 heteroatoms. The van der Waals surface area contributed by atoms with Crippen LogP contribution in [0, 0.1) is 5.92 Å². The topological polar surface area (TPSA) is 42.0 Å². The zero-order valence-corrected chi connectivity index (χ0v) is 9.85. The van der Waals surface area contributed by atoms with E-state index < -0.39 is 0 Å². The lowest BCUT2D eigenvalue weighted by atomic mass is 10.1. The highest BCUT2D eigenvalue weighted by molar-refractivity contribution is 7.11. The van der Waals surface area contributed by atoms with E-state index >= 15 is 0 Å². The Bertz CT molecular complexity index is 328. The number of thiazole rings is 1. The zero-order chi connectivity index (χ0) is 10.7. The highest BCUT2D eigenvalue weighted by Gasteiger charge is 2.23. The van der Waals surface area contributed by atoms with Gasteiger partial charge in [-0.15, -0.1) is 22.9 Å². The molecule has 0 spiro atoms. The fourth-order valence-corrected chi connectivity index (χ4v) is 2.77. The largest absolute Gasteiger partial charge is 0.351 e. The molecule has 0 aromatic carbocycles. The van der Waals surface area contributed by atoms with Crippen LogP contribution in [0.2, 0.25) is 0 Å². The molecule has 1 saturated carbocycles. The first-order chi connectivity index (χ1) is 7.25. The molecular weight excluding hydrogens is 232 g/mol. The van der Waals surface area contributed by atoms with Gasteiger partial charge in [0, 0.05) is 11.9 Å². The smallest absolute Gasteiger partial charge is 0.263 e. The van der Waals surface area contributed by atoms with Crippen molar-refractivity contribution in [2.45, 2.75) is 24.6 Å². The first-order valence-electron chi connectivity index (χ1n) is 5.06. The molecule has 1 fully saturated rings. The van der Waals surface area contributed by atoms with Crippen LogP contribution in [-0.2, 0) is 0 Å². The summed E-state index contributed by atoms with van der Waals surface area (Å²) in [6.45, 7) is 0.736. The minimum absolute atomic E-state index is 0.0180. The predicted molar refractivity (Wildman–Crippen MR) is 61.4 cm³/mol. The highest BCUT2D eigenvalue weighted by atomic mass is 35.5. The SMILES string of the molecule is O=C(NCC1CCC(Cl)C1)c1cncs1. The average molecular weight is 245 g/mol. The summed E-state index contributed by atoms with van der Waals surface area (Å²) >= 11 is 7.37. The number of hydrogen-bond acceptors (Lipinski definition) is 3. The van der Waals surface area contributed by atoms with Gasteiger partial charge in [0.15, 0.2) is 0 Å². The molecule has 0 bridgehead atoms. The van der Waals surface area contributed by atoms with E-state index in [1.807, 2.05) is 0 Å². The van der Waals surface area contributed by atoms with Crippen molar-refractivity contribution in [2.75, 3.05) is 6.54 Å². The van der Waals surface area contributed by atoms with Crippen molar-refractivity contribution in [1.29, 1.82) is 0 Å². The monoisotopic (exact) mass is 244 g/mol. The summed E-state index contributed by atoms with van der Waals surface area (Å²) in [6.07, 6.45) is 4.81. The third kappa shape index (κ3) is 2.92. The Hall–Kier alpha value is -0.610. The molecule has 15 heavy (non-hydrogen) atoms. The summed E-state index contributed by atoms with van der Waals surface area (Å²) < 4.78 is 0. The van der Waals surface area contributed by atoms with E-state index in [1.165, 1.54) is 11.3 Å². The van der Waals surface area contributed by atoms with Gasteiger partial charge in [-0.1, -0.05) is 0 Å². The maximum Gasteiger partial charge on any atom is 0.263 e. The Labute approximate surface area is 97.9 Å². The van der Waals surface area contributed by atoms with Gasteiger partial charge < -0.3 is 5.32 Å². The van der Waals surface area contributed by atoms with Gasteiger partial charge in [0.25, 0.3) is 5.91 Å². The van der Waals surface area contributed by atoms with Crippen molar-refractivity contribution in [3.05, 3.63) is 16.6 Å². The van der Waals surface area contributed by atoms with Crippen molar-refractivity contribution < 1.29 is 4.79 Å². The van der Waals surface area contributed by atoms with E-state index in [4.69, 9.17) is 11.6 Å². The molecule has 1 aliphatic rings. The average Bonchev–Trinajstić information content (AvgIpc) is 2.84. The van der Waals surface area contributed by atoms with E-state index in [1.54, 1.807) is 11.7 Å². The van der Waals surface area contributed by atoms with Gasteiger partial charge in [0.1, 0.15) is 4.88 Å². The summed E-state index contributed by atoms with van der Waals surface area (Å²) in [7, 11) is 0. The van der Waals surface area contributed by atoms with Gasteiger partial charge in [-0.3, -0.25) is 9.78 Å². The lowest BCUT2D eigenvalue weighted by Crippen LogP contribution is -2.27. The second-order valence-electron chi connectivity index (χ2n) is 3.85. The van der Waals surface area contributed by atoms with E-state index in [-0.39, 0.29) is 5.91 Å².